The van der Waals surface area contributed by atoms with Crippen LogP contribution in [-0.2, 0) is 4.79 Å². The van der Waals surface area contributed by atoms with Crippen molar-refractivity contribution < 1.29 is 27.5 Å². The third-order valence-corrected chi connectivity index (χ3v) is 3.88. The highest BCUT2D eigenvalue weighted by molar-refractivity contribution is 5.89. The fourth-order valence-electron chi connectivity index (χ4n) is 2.65. The Kier molecular flexibility index (Phi) is 2.86. The van der Waals surface area contributed by atoms with Gasteiger partial charge in [0, 0.05) is 19.3 Å². The number of aliphatic carboxylic acids is 1. The average Bonchev–Trinajstić information content (AvgIpc) is 3.04. The molecule has 112 valence electrons. The summed E-state index contributed by atoms with van der Waals surface area (Å²) < 4.78 is 44.7. The van der Waals surface area contributed by atoms with Gasteiger partial charge in [-0.25, -0.2) is 4.98 Å². The molecule has 1 aliphatic rings. The fourth-order valence-corrected chi connectivity index (χ4v) is 2.65. The smallest absolute Gasteiger partial charge is 0.406 e. The Labute approximate surface area is 117 Å². The van der Waals surface area contributed by atoms with E-state index in [0.717, 1.165) is 0 Å². The Hall–Kier alpha value is -2.25. The number of pyridine rings is 1. The number of carboxylic acids is 1. The van der Waals surface area contributed by atoms with E-state index in [1.807, 2.05) is 0 Å². The van der Waals surface area contributed by atoms with Crippen molar-refractivity contribution in [3.8, 4) is 0 Å². The second kappa shape index (κ2) is 4.37. The maximum atomic E-state index is 13.2. The average molecular weight is 300 g/mol. The molecule has 1 unspecified atom stereocenters. The summed E-state index contributed by atoms with van der Waals surface area (Å²) in [4.78, 5) is 16.6. The molecule has 3 rings (SSSR count). The second-order valence-corrected chi connectivity index (χ2v) is 5.02. The van der Waals surface area contributed by atoms with Crippen LogP contribution in [0.2, 0.25) is 0 Å². The number of nitrogens with zero attached hydrogens (tertiary/aromatic N) is 2. The van der Waals surface area contributed by atoms with Crippen LogP contribution in [0.15, 0.2) is 29.0 Å². The van der Waals surface area contributed by atoms with Gasteiger partial charge in [0.05, 0.1) is 11.6 Å². The zero-order valence-corrected chi connectivity index (χ0v) is 10.7. The number of aromatic nitrogens is 1. The lowest BCUT2D eigenvalue weighted by Gasteiger charge is -2.27. The molecule has 21 heavy (non-hydrogen) atoms. The van der Waals surface area contributed by atoms with Crippen LogP contribution in [-0.4, -0.2) is 35.3 Å². The van der Waals surface area contributed by atoms with Gasteiger partial charge in [-0.1, -0.05) is 0 Å². The summed E-state index contributed by atoms with van der Waals surface area (Å²) in [5.74, 6) is -1.54. The van der Waals surface area contributed by atoms with E-state index in [2.05, 4.69) is 4.98 Å². The summed E-state index contributed by atoms with van der Waals surface area (Å²) in [5.41, 5.74) is -2.25. The van der Waals surface area contributed by atoms with Gasteiger partial charge in [-0.3, -0.25) is 4.79 Å². The van der Waals surface area contributed by atoms with Gasteiger partial charge in [-0.2, -0.15) is 13.2 Å². The molecule has 8 heteroatoms. The van der Waals surface area contributed by atoms with Gasteiger partial charge in [0.2, 0.25) is 0 Å². The molecule has 0 aromatic carbocycles. The molecule has 2 aromatic heterocycles. The highest BCUT2D eigenvalue weighted by atomic mass is 19.4. The number of carbonyl (C=O) groups is 1. The third kappa shape index (κ3) is 1.93. The Balaban J connectivity index is 2.00. The molecular weight excluding hydrogens is 289 g/mol. The Morgan fingerprint density at radius 1 is 1.43 bits per heavy atom. The number of hydrogen-bond donors (Lipinski definition) is 1. The molecular formula is C13H11F3N2O3. The van der Waals surface area contributed by atoms with Crippen molar-refractivity contribution in [3.05, 3.63) is 24.6 Å². The molecule has 1 aliphatic heterocycles. The van der Waals surface area contributed by atoms with Crippen LogP contribution in [0, 0.1) is 5.41 Å². The number of anilines is 1. The molecule has 1 saturated heterocycles. The first-order chi connectivity index (χ1) is 9.85. The first-order valence-electron chi connectivity index (χ1n) is 6.22. The minimum Gasteiger partial charge on any atom is -0.481 e. The van der Waals surface area contributed by atoms with Crippen molar-refractivity contribution in [2.24, 2.45) is 5.41 Å². The zero-order chi connectivity index (χ0) is 15.3. The first kappa shape index (κ1) is 13.7. The molecule has 1 atom stereocenters. The number of fused-ring (bicyclic) bond motifs is 1. The lowest BCUT2D eigenvalue weighted by atomic mass is 9.86. The molecule has 5 nitrogen and oxygen atoms in total. The van der Waals surface area contributed by atoms with Gasteiger partial charge >= 0.3 is 12.1 Å². The van der Waals surface area contributed by atoms with Crippen LogP contribution in [0.1, 0.15) is 6.42 Å². The number of carboxylic acid groups (broad SMARTS) is 1. The Bertz CT molecular complexity index is 697. The Morgan fingerprint density at radius 3 is 2.81 bits per heavy atom. The number of alkyl halides is 3. The van der Waals surface area contributed by atoms with Crippen molar-refractivity contribution in [1.29, 1.82) is 0 Å². The summed E-state index contributed by atoms with van der Waals surface area (Å²) in [5, 5.41) is 9.62. The van der Waals surface area contributed by atoms with Crippen LogP contribution in [0.4, 0.5) is 19.0 Å². The van der Waals surface area contributed by atoms with Crippen LogP contribution < -0.4 is 4.90 Å². The minimum absolute atomic E-state index is 0.0247. The number of furan rings is 1. The summed E-state index contributed by atoms with van der Waals surface area (Å²) in [6.07, 6.45) is -2.46. The van der Waals surface area contributed by atoms with E-state index in [1.54, 1.807) is 12.1 Å². The Morgan fingerprint density at radius 2 is 2.19 bits per heavy atom. The van der Waals surface area contributed by atoms with E-state index in [0.29, 0.717) is 16.8 Å². The normalized spacial score (nSPS) is 22.9. The molecule has 3 heterocycles. The number of halogens is 3. The summed E-state index contributed by atoms with van der Waals surface area (Å²) >= 11 is 0. The zero-order valence-electron chi connectivity index (χ0n) is 10.7. The standard InChI is InChI=1S/C13H11F3N2O3/c14-13(15,16)12(11(19)20)3-5-18(7-12)10-8-2-6-21-9(8)1-4-17-10/h1-2,4,6H,3,5,7H2,(H,19,20). The molecule has 0 saturated carbocycles. The predicted octanol–water partition coefficient (Wildman–Crippen LogP) is 2.67. The summed E-state index contributed by atoms with van der Waals surface area (Å²) in [7, 11) is 0. The monoisotopic (exact) mass is 300 g/mol. The molecule has 2 aromatic rings. The summed E-state index contributed by atoms with van der Waals surface area (Å²) in [6.45, 7) is -0.674. The maximum Gasteiger partial charge on any atom is 0.406 e. The van der Waals surface area contributed by atoms with Crippen molar-refractivity contribution in [2.75, 3.05) is 18.0 Å². The maximum absolute atomic E-state index is 13.2. The number of hydrogen-bond acceptors (Lipinski definition) is 4. The first-order valence-corrected chi connectivity index (χ1v) is 6.22. The highest BCUT2D eigenvalue weighted by Gasteiger charge is 2.63. The molecule has 0 bridgehead atoms. The van der Waals surface area contributed by atoms with Gasteiger partial charge in [0.1, 0.15) is 11.4 Å². The fraction of sp³-hybridized carbons (Fsp3) is 0.385. The van der Waals surface area contributed by atoms with Crippen molar-refractivity contribution >= 4 is 22.8 Å². The largest absolute Gasteiger partial charge is 0.481 e. The van der Waals surface area contributed by atoms with E-state index in [4.69, 9.17) is 9.52 Å². The highest BCUT2D eigenvalue weighted by Crippen LogP contribution is 2.47. The molecule has 0 spiro atoms. The van der Waals surface area contributed by atoms with Crippen molar-refractivity contribution in [3.63, 3.8) is 0 Å². The second-order valence-electron chi connectivity index (χ2n) is 5.02. The van der Waals surface area contributed by atoms with Crippen LogP contribution in [0.3, 0.4) is 0 Å². The van der Waals surface area contributed by atoms with Gasteiger partial charge in [-0.05, 0) is 18.6 Å². The lowest BCUT2D eigenvalue weighted by Crippen LogP contribution is -2.47. The van der Waals surface area contributed by atoms with Crippen LogP contribution >= 0.6 is 0 Å². The van der Waals surface area contributed by atoms with Gasteiger partial charge < -0.3 is 14.4 Å². The predicted molar refractivity (Wildman–Crippen MR) is 67.0 cm³/mol. The van der Waals surface area contributed by atoms with Gasteiger partial charge in [0.15, 0.2) is 5.41 Å². The third-order valence-electron chi connectivity index (χ3n) is 3.88. The van der Waals surface area contributed by atoms with Crippen LogP contribution in [0.25, 0.3) is 11.0 Å². The number of rotatable bonds is 2. The van der Waals surface area contributed by atoms with E-state index in [-0.39, 0.29) is 6.54 Å². The molecule has 1 N–H and O–H groups in total. The van der Waals surface area contributed by atoms with Crippen LogP contribution in [0.5, 0.6) is 0 Å². The molecule has 1 fully saturated rings. The lowest BCUT2D eigenvalue weighted by molar-refractivity contribution is -0.225. The molecule has 0 amide bonds. The van der Waals surface area contributed by atoms with Gasteiger partial charge in [0.25, 0.3) is 0 Å². The van der Waals surface area contributed by atoms with E-state index in [9.17, 15) is 18.0 Å². The molecule has 0 radical (unpaired) electrons. The SMILES string of the molecule is O=C(O)C1(C(F)(F)F)CCN(c2nccc3occc23)C1. The summed E-state index contributed by atoms with van der Waals surface area (Å²) in [6, 6.07) is 3.20. The minimum atomic E-state index is -4.81. The van der Waals surface area contributed by atoms with E-state index >= 15 is 0 Å². The molecule has 0 aliphatic carbocycles. The van der Waals surface area contributed by atoms with Gasteiger partial charge in [-0.15, -0.1) is 0 Å². The van der Waals surface area contributed by atoms with E-state index < -0.39 is 30.5 Å². The van der Waals surface area contributed by atoms with Crippen molar-refractivity contribution in [1.82, 2.24) is 4.98 Å². The van der Waals surface area contributed by atoms with Crippen molar-refractivity contribution in [2.45, 2.75) is 12.6 Å². The quantitative estimate of drug-likeness (QED) is 0.923. The topological polar surface area (TPSA) is 66.6 Å². The van der Waals surface area contributed by atoms with E-state index in [1.165, 1.54) is 17.4 Å².